The first kappa shape index (κ1) is 15.8. The number of hydrogen-bond donors (Lipinski definition) is 1. The summed E-state index contributed by atoms with van der Waals surface area (Å²) in [6, 6.07) is 3.75. The quantitative estimate of drug-likeness (QED) is 0.808. The molecule has 0 aromatic heterocycles. The molecule has 0 radical (unpaired) electrons. The van der Waals surface area contributed by atoms with E-state index in [0.717, 1.165) is 31.0 Å². The Morgan fingerprint density at radius 2 is 1.95 bits per heavy atom. The zero-order chi connectivity index (χ0) is 15.0. The molecule has 1 aromatic rings. The zero-order valence-corrected chi connectivity index (χ0v) is 12.8. The molecule has 0 heterocycles. The van der Waals surface area contributed by atoms with E-state index in [-0.39, 0.29) is 16.9 Å². The number of hydrogen-bond acceptors (Lipinski definition) is 2. The second-order valence-corrected chi connectivity index (χ2v) is 7.31. The lowest BCUT2D eigenvalue weighted by atomic mass is 10.1. The van der Waals surface area contributed by atoms with Gasteiger partial charge in [-0.15, -0.1) is 0 Å². The second kappa shape index (κ2) is 5.31. The van der Waals surface area contributed by atoms with Gasteiger partial charge in [0.1, 0.15) is 0 Å². The summed E-state index contributed by atoms with van der Waals surface area (Å²) in [7, 11) is -3.92. The summed E-state index contributed by atoms with van der Waals surface area (Å²) >= 11 is 3.31. The first-order valence-electron chi connectivity index (χ1n) is 5.91. The van der Waals surface area contributed by atoms with Gasteiger partial charge >= 0.3 is 6.18 Å². The van der Waals surface area contributed by atoms with Crippen molar-refractivity contribution in [1.29, 1.82) is 0 Å². The van der Waals surface area contributed by atoms with Crippen LogP contribution in [0.2, 0.25) is 0 Å². The Bertz CT molecular complexity index is 597. The van der Waals surface area contributed by atoms with Crippen molar-refractivity contribution in [2.75, 3.05) is 11.9 Å². The van der Waals surface area contributed by atoms with Gasteiger partial charge in [0, 0.05) is 11.9 Å². The lowest BCUT2D eigenvalue weighted by Crippen LogP contribution is -2.31. The van der Waals surface area contributed by atoms with Crippen LogP contribution in [0, 0.1) is 5.41 Å². The summed E-state index contributed by atoms with van der Waals surface area (Å²) in [6.07, 6.45) is -2.74. The van der Waals surface area contributed by atoms with E-state index in [1.807, 2.05) is 0 Å². The Morgan fingerprint density at radius 3 is 2.45 bits per heavy atom. The van der Waals surface area contributed by atoms with Crippen molar-refractivity contribution in [2.24, 2.45) is 5.41 Å². The average molecular weight is 372 g/mol. The molecule has 3 nitrogen and oxygen atoms in total. The van der Waals surface area contributed by atoms with Crippen LogP contribution in [0.15, 0.2) is 29.2 Å². The monoisotopic (exact) mass is 371 g/mol. The number of halogens is 4. The average Bonchev–Trinajstić information content (AvgIpc) is 3.16. The number of nitrogens with one attached hydrogen (secondary N) is 1. The standard InChI is InChI=1S/C12H13BrF3NO2S/c13-7-11(4-5-11)8-17-20(18,19)10-3-1-2-9(6-10)12(14,15)16/h1-3,6,17H,4-5,7-8H2. The van der Waals surface area contributed by atoms with Crippen molar-refractivity contribution < 1.29 is 21.6 Å². The highest BCUT2D eigenvalue weighted by molar-refractivity contribution is 9.09. The first-order valence-corrected chi connectivity index (χ1v) is 8.52. The van der Waals surface area contributed by atoms with Gasteiger partial charge in [-0.1, -0.05) is 22.0 Å². The molecule has 0 spiro atoms. The molecule has 0 unspecified atom stereocenters. The Kier molecular flexibility index (Phi) is 4.19. The van der Waals surface area contributed by atoms with Gasteiger partial charge in [0.15, 0.2) is 0 Å². The van der Waals surface area contributed by atoms with Crippen molar-refractivity contribution in [3.63, 3.8) is 0 Å². The van der Waals surface area contributed by atoms with Crippen LogP contribution < -0.4 is 4.72 Å². The van der Waals surface area contributed by atoms with Crippen LogP contribution >= 0.6 is 15.9 Å². The fourth-order valence-corrected chi connectivity index (χ4v) is 3.67. The molecular weight excluding hydrogens is 359 g/mol. The summed E-state index contributed by atoms with van der Waals surface area (Å²) < 4.78 is 64.1. The van der Waals surface area contributed by atoms with Crippen LogP contribution in [-0.2, 0) is 16.2 Å². The highest BCUT2D eigenvalue weighted by Crippen LogP contribution is 2.46. The third kappa shape index (κ3) is 3.53. The Labute approximate surface area is 123 Å². The minimum Gasteiger partial charge on any atom is -0.211 e. The molecule has 0 amide bonds. The molecule has 20 heavy (non-hydrogen) atoms. The highest BCUT2D eigenvalue weighted by atomic mass is 79.9. The Hall–Kier alpha value is -0.600. The van der Waals surface area contributed by atoms with Crippen LogP contribution in [0.3, 0.4) is 0 Å². The molecule has 112 valence electrons. The second-order valence-electron chi connectivity index (χ2n) is 4.98. The molecule has 2 rings (SSSR count). The summed E-state index contributed by atoms with van der Waals surface area (Å²) in [4.78, 5) is -0.363. The van der Waals surface area contributed by atoms with E-state index < -0.39 is 21.8 Å². The Balaban J connectivity index is 2.17. The summed E-state index contributed by atoms with van der Waals surface area (Å²) in [5, 5.41) is 0.672. The molecule has 8 heteroatoms. The van der Waals surface area contributed by atoms with Crippen LogP contribution in [0.4, 0.5) is 13.2 Å². The normalized spacial score (nSPS) is 18.0. The molecule has 1 N–H and O–H groups in total. The zero-order valence-electron chi connectivity index (χ0n) is 10.4. The number of rotatable bonds is 5. The first-order chi connectivity index (χ1) is 9.19. The van der Waals surface area contributed by atoms with Crippen LogP contribution in [0.25, 0.3) is 0 Å². The molecule has 0 atom stereocenters. The molecule has 1 saturated carbocycles. The molecule has 1 fully saturated rings. The number of alkyl halides is 4. The maximum Gasteiger partial charge on any atom is 0.416 e. The third-order valence-electron chi connectivity index (χ3n) is 3.35. The highest BCUT2D eigenvalue weighted by Gasteiger charge is 2.42. The molecule has 0 bridgehead atoms. The molecule has 0 saturated heterocycles. The van der Waals surface area contributed by atoms with Crippen LogP contribution in [-0.4, -0.2) is 20.3 Å². The van der Waals surface area contributed by atoms with E-state index in [0.29, 0.717) is 11.4 Å². The van der Waals surface area contributed by atoms with Crippen molar-refractivity contribution in [1.82, 2.24) is 4.72 Å². The van der Waals surface area contributed by atoms with E-state index in [2.05, 4.69) is 20.7 Å². The largest absolute Gasteiger partial charge is 0.416 e. The van der Waals surface area contributed by atoms with E-state index in [1.165, 1.54) is 0 Å². The minimum absolute atomic E-state index is 0.0886. The predicted octanol–water partition coefficient (Wildman–Crippen LogP) is 3.16. The van der Waals surface area contributed by atoms with Crippen molar-refractivity contribution in [2.45, 2.75) is 23.9 Å². The molecular formula is C12H13BrF3NO2S. The predicted molar refractivity (Wildman–Crippen MR) is 72.1 cm³/mol. The van der Waals surface area contributed by atoms with Crippen molar-refractivity contribution in [3.8, 4) is 0 Å². The van der Waals surface area contributed by atoms with Gasteiger partial charge in [-0.2, -0.15) is 13.2 Å². The smallest absolute Gasteiger partial charge is 0.211 e. The third-order valence-corrected chi connectivity index (χ3v) is 5.94. The fourth-order valence-electron chi connectivity index (χ4n) is 1.71. The van der Waals surface area contributed by atoms with Gasteiger partial charge in [-0.3, -0.25) is 0 Å². The SMILES string of the molecule is O=S(=O)(NCC1(CBr)CC1)c1cccc(C(F)(F)F)c1. The molecule has 1 aromatic carbocycles. The van der Waals surface area contributed by atoms with Gasteiger partial charge in [0.2, 0.25) is 10.0 Å². The van der Waals surface area contributed by atoms with E-state index >= 15 is 0 Å². The van der Waals surface area contributed by atoms with Gasteiger partial charge < -0.3 is 0 Å². The maximum atomic E-state index is 12.6. The van der Waals surface area contributed by atoms with Crippen LogP contribution in [0.5, 0.6) is 0 Å². The van der Waals surface area contributed by atoms with Crippen LogP contribution in [0.1, 0.15) is 18.4 Å². The van der Waals surface area contributed by atoms with Gasteiger partial charge in [0.05, 0.1) is 10.5 Å². The lowest BCUT2D eigenvalue weighted by molar-refractivity contribution is -0.137. The van der Waals surface area contributed by atoms with Crippen molar-refractivity contribution >= 4 is 26.0 Å². The molecule has 1 aliphatic carbocycles. The minimum atomic E-state index is -4.56. The number of benzene rings is 1. The molecule has 1 aliphatic rings. The number of sulfonamides is 1. The van der Waals surface area contributed by atoms with E-state index in [9.17, 15) is 21.6 Å². The fraction of sp³-hybridized carbons (Fsp3) is 0.500. The lowest BCUT2D eigenvalue weighted by Gasteiger charge is -2.14. The Morgan fingerprint density at radius 1 is 1.30 bits per heavy atom. The van der Waals surface area contributed by atoms with E-state index in [4.69, 9.17) is 0 Å². The van der Waals surface area contributed by atoms with E-state index in [1.54, 1.807) is 0 Å². The topological polar surface area (TPSA) is 46.2 Å². The van der Waals surface area contributed by atoms with Crippen molar-refractivity contribution in [3.05, 3.63) is 29.8 Å². The summed E-state index contributed by atoms with van der Waals surface area (Å²) in [5.74, 6) is 0. The molecule has 0 aliphatic heterocycles. The maximum absolute atomic E-state index is 12.6. The van der Waals surface area contributed by atoms with Gasteiger partial charge in [0.25, 0.3) is 0 Å². The van der Waals surface area contributed by atoms with Gasteiger partial charge in [-0.25, -0.2) is 13.1 Å². The van der Waals surface area contributed by atoms with Gasteiger partial charge in [-0.05, 0) is 36.5 Å². The summed E-state index contributed by atoms with van der Waals surface area (Å²) in [5.41, 5.74) is -1.06. The summed E-state index contributed by atoms with van der Waals surface area (Å²) in [6.45, 7) is 0.233.